The second-order valence-corrected chi connectivity index (χ2v) is 4.51. The number of ether oxygens (including phenoxy) is 1. The Bertz CT molecular complexity index is 505. The molecule has 0 bridgehead atoms. The van der Waals surface area contributed by atoms with E-state index >= 15 is 0 Å². The van der Waals surface area contributed by atoms with Crippen LogP contribution in [0.4, 0.5) is 5.82 Å². The molecule has 2 heterocycles. The average Bonchev–Trinajstić information content (AvgIpc) is 2.61. The summed E-state index contributed by atoms with van der Waals surface area (Å²) in [7, 11) is 7.80. The van der Waals surface area contributed by atoms with E-state index in [-0.39, 0.29) is 12.4 Å². The lowest BCUT2D eigenvalue weighted by molar-refractivity contribution is -0.00000427. The Morgan fingerprint density at radius 3 is 2.53 bits per heavy atom. The monoisotopic (exact) mass is 257 g/mol. The van der Waals surface area contributed by atoms with Gasteiger partial charge in [-0.3, -0.25) is 9.05 Å². The maximum atomic E-state index is 5.08. The van der Waals surface area contributed by atoms with Gasteiger partial charge in [-0.1, -0.05) is 0 Å². The van der Waals surface area contributed by atoms with Crippen molar-refractivity contribution in [3.05, 3.63) is 12.7 Å². The van der Waals surface area contributed by atoms with E-state index < -0.39 is 0 Å². The number of methoxy groups -OCH3 is 1. The van der Waals surface area contributed by atoms with E-state index in [1.807, 2.05) is 4.57 Å². The number of aromatic nitrogens is 4. The number of imidazole rings is 1. The first-order chi connectivity index (χ1) is 7.54. The summed E-state index contributed by atoms with van der Waals surface area (Å²) < 4.78 is 7.55. The first-order valence-corrected chi connectivity index (χ1v) is 5.01. The van der Waals surface area contributed by atoms with Crippen molar-refractivity contribution in [2.75, 3.05) is 28.3 Å². The summed E-state index contributed by atoms with van der Waals surface area (Å²) in [4.78, 5) is 12.9. The third-order valence-electron chi connectivity index (χ3n) is 2.29. The molecular formula is C10H16ClN5O. The van der Waals surface area contributed by atoms with E-state index in [1.54, 1.807) is 19.8 Å². The molecule has 0 fully saturated rings. The SMILES string of the molecule is COCn1cnc2c([N+](C)(C)C)ncnc21.[Cl-]. The maximum Gasteiger partial charge on any atom is 0.258 e. The highest BCUT2D eigenvalue weighted by Crippen LogP contribution is 2.22. The smallest absolute Gasteiger partial charge is 0.258 e. The summed E-state index contributed by atoms with van der Waals surface area (Å²) in [6, 6.07) is 0. The molecule has 94 valence electrons. The van der Waals surface area contributed by atoms with E-state index in [0.29, 0.717) is 11.2 Å². The molecule has 0 atom stereocenters. The molecule has 0 aromatic carbocycles. The molecule has 0 saturated heterocycles. The molecule has 2 rings (SSSR count). The molecule has 2 aromatic heterocycles. The van der Waals surface area contributed by atoms with Gasteiger partial charge in [0.1, 0.15) is 13.1 Å². The van der Waals surface area contributed by atoms with Crippen molar-refractivity contribution in [1.82, 2.24) is 24.0 Å². The predicted octanol–water partition coefficient (Wildman–Crippen LogP) is -2.37. The molecule has 0 aliphatic rings. The fraction of sp³-hybridized carbons (Fsp3) is 0.500. The highest BCUT2D eigenvalue weighted by molar-refractivity contribution is 5.81. The molecule has 0 radical (unpaired) electrons. The lowest BCUT2D eigenvalue weighted by Crippen LogP contribution is -3.00. The molecule has 2 aromatic rings. The second kappa shape index (κ2) is 4.95. The topological polar surface area (TPSA) is 52.8 Å². The van der Waals surface area contributed by atoms with Gasteiger partial charge in [0.05, 0.1) is 27.5 Å². The van der Waals surface area contributed by atoms with Crippen LogP contribution in [-0.4, -0.2) is 47.8 Å². The number of halogens is 1. The predicted molar refractivity (Wildman–Crippen MR) is 61.9 cm³/mol. The van der Waals surface area contributed by atoms with Crippen LogP contribution in [-0.2, 0) is 11.5 Å². The van der Waals surface area contributed by atoms with Gasteiger partial charge in [-0.05, 0) is 0 Å². The molecule has 0 aliphatic heterocycles. The van der Waals surface area contributed by atoms with Gasteiger partial charge < -0.3 is 17.1 Å². The van der Waals surface area contributed by atoms with Gasteiger partial charge in [-0.25, -0.2) is 9.97 Å². The second-order valence-electron chi connectivity index (χ2n) is 4.51. The van der Waals surface area contributed by atoms with Crippen LogP contribution in [0.2, 0.25) is 0 Å². The average molecular weight is 258 g/mol. The number of quaternary nitrogens is 1. The van der Waals surface area contributed by atoms with Crippen molar-refractivity contribution in [3.8, 4) is 0 Å². The highest BCUT2D eigenvalue weighted by atomic mass is 35.5. The van der Waals surface area contributed by atoms with Gasteiger partial charge in [0.15, 0.2) is 11.2 Å². The molecule has 17 heavy (non-hydrogen) atoms. The summed E-state index contributed by atoms with van der Waals surface area (Å²) in [6.07, 6.45) is 3.29. The van der Waals surface area contributed by atoms with Crippen LogP contribution in [0.15, 0.2) is 12.7 Å². The number of hydrogen-bond acceptors (Lipinski definition) is 4. The van der Waals surface area contributed by atoms with E-state index in [0.717, 1.165) is 17.0 Å². The van der Waals surface area contributed by atoms with Crippen molar-refractivity contribution in [2.24, 2.45) is 0 Å². The first kappa shape index (κ1) is 13.8. The molecule has 0 unspecified atom stereocenters. The first-order valence-electron chi connectivity index (χ1n) is 5.01. The Labute approximate surface area is 106 Å². The summed E-state index contributed by atoms with van der Waals surface area (Å²) >= 11 is 0. The Morgan fingerprint density at radius 1 is 1.24 bits per heavy atom. The lowest BCUT2D eigenvalue weighted by atomic mass is 10.4. The third-order valence-corrected chi connectivity index (χ3v) is 2.29. The molecule has 0 N–H and O–H groups in total. The normalized spacial score (nSPS) is 11.5. The van der Waals surface area contributed by atoms with E-state index in [2.05, 4.69) is 36.1 Å². The summed E-state index contributed by atoms with van der Waals surface area (Å²) in [5, 5.41) is 0. The quantitative estimate of drug-likeness (QED) is 0.577. The Balaban J connectivity index is 0.00000144. The molecule has 0 spiro atoms. The number of fused-ring (bicyclic) bond motifs is 1. The van der Waals surface area contributed by atoms with Gasteiger partial charge in [-0.15, -0.1) is 0 Å². The van der Waals surface area contributed by atoms with Crippen LogP contribution in [0.1, 0.15) is 0 Å². The summed E-state index contributed by atoms with van der Waals surface area (Å²) in [5.74, 6) is 0.903. The molecule has 6 nitrogen and oxygen atoms in total. The number of rotatable bonds is 3. The molecule has 7 heteroatoms. The van der Waals surface area contributed by atoms with Crippen LogP contribution in [0.5, 0.6) is 0 Å². The lowest BCUT2D eigenvalue weighted by Gasteiger charge is -2.21. The highest BCUT2D eigenvalue weighted by Gasteiger charge is 2.21. The van der Waals surface area contributed by atoms with E-state index in [9.17, 15) is 0 Å². The van der Waals surface area contributed by atoms with Gasteiger partial charge in [0, 0.05) is 7.11 Å². The van der Waals surface area contributed by atoms with Crippen molar-refractivity contribution < 1.29 is 17.1 Å². The number of nitrogens with zero attached hydrogens (tertiary/aromatic N) is 5. The minimum Gasteiger partial charge on any atom is -1.00 e. The van der Waals surface area contributed by atoms with E-state index in [4.69, 9.17) is 4.74 Å². The van der Waals surface area contributed by atoms with Gasteiger partial charge in [0.25, 0.3) is 5.82 Å². The van der Waals surface area contributed by atoms with E-state index in [1.165, 1.54) is 0 Å². The van der Waals surface area contributed by atoms with Crippen molar-refractivity contribution >= 4 is 17.0 Å². The van der Waals surface area contributed by atoms with Crippen LogP contribution in [0.3, 0.4) is 0 Å². The minimum atomic E-state index is 0. The zero-order chi connectivity index (χ0) is 11.8. The van der Waals surface area contributed by atoms with Crippen molar-refractivity contribution in [3.63, 3.8) is 0 Å². The van der Waals surface area contributed by atoms with Crippen LogP contribution in [0, 0.1) is 0 Å². The molecular weight excluding hydrogens is 242 g/mol. The molecule has 0 aliphatic carbocycles. The fourth-order valence-corrected chi connectivity index (χ4v) is 1.59. The summed E-state index contributed by atoms with van der Waals surface area (Å²) in [6.45, 7) is 0.449. The summed E-state index contributed by atoms with van der Waals surface area (Å²) in [5.41, 5.74) is 1.63. The van der Waals surface area contributed by atoms with Gasteiger partial charge >= 0.3 is 0 Å². The maximum absolute atomic E-state index is 5.08. The fourth-order valence-electron chi connectivity index (χ4n) is 1.59. The molecule has 0 amide bonds. The zero-order valence-corrected chi connectivity index (χ0v) is 11.1. The molecule has 0 saturated carbocycles. The number of hydrogen-bond donors (Lipinski definition) is 0. The van der Waals surface area contributed by atoms with Gasteiger partial charge in [-0.2, -0.15) is 4.98 Å². The zero-order valence-electron chi connectivity index (χ0n) is 10.4. The third kappa shape index (κ3) is 2.54. The Hall–Kier alpha value is -1.24. The Kier molecular flexibility index (Phi) is 4.03. The van der Waals surface area contributed by atoms with Crippen LogP contribution in [0.25, 0.3) is 11.2 Å². The standard InChI is InChI=1S/C10H16N5O.ClH/c1-15(2,3)10-8-9(11-5-12-10)14(6-13-8)7-16-4;/h5-6H,7H2,1-4H3;1H/q+1;/p-1. The Morgan fingerprint density at radius 2 is 1.94 bits per heavy atom. The van der Waals surface area contributed by atoms with Crippen molar-refractivity contribution in [1.29, 1.82) is 0 Å². The minimum absolute atomic E-state index is 0. The van der Waals surface area contributed by atoms with Crippen molar-refractivity contribution in [2.45, 2.75) is 6.73 Å². The van der Waals surface area contributed by atoms with Gasteiger partial charge in [0.2, 0.25) is 0 Å². The van der Waals surface area contributed by atoms with Crippen LogP contribution >= 0.6 is 0 Å². The largest absolute Gasteiger partial charge is 1.00 e. The van der Waals surface area contributed by atoms with Crippen LogP contribution < -0.4 is 16.9 Å².